The molecule has 1 aliphatic heterocycles. The van der Waals surface area contributed by atoms with Crippen molar-refractivity contribution in [2.75, 3.05) is 45.3 Å². The molecular formula is C22H26FN3O4. The van der Waals surface area contributed by atoms with Crippen LogP contribution < -0.4 is 15.4 Å². The first-order valence-corrected chi connectivity index (χ1v) is 9.79. The number of aryl methyl sites for hydroxylation is 1. The van der Waals surface area contributed by atoms with Gasteiger partial charge in [0.15, 0.2) is 0 Å². The summed E-state index contributed by atoms with van der Waals surface area (Å²) < 4.78 is 24.0. The number of ether oxygens (including phenoxy) is 2. The first-order valence-electron chi connectivity index (χ1n) is 9.79. The average molecular weight is 415 g/mol. The molecular weight excluding hydrogens is 389 g/mol. The molecule has 2 aromatic carbocycles. The van der Waals surface area contributed by atoms with Crippen LogP contribution in [-0.4, -0.2) is 56.7 Å². The number of benzene rings is 2. The monoisotopic (exact) mass is 415 g/mol. The van der Waals surface area contributed by atoms with Gasteiger partial charge in [0.25, 0.3) is 0 Å². The summed E-state index contributed by atoms with van der Waals surface area (Å²) in [6, 6.07) is 11.3. The number of nitrogens with zero attached hydrogens (tertiary/aromatic N) is 1. The van der Waals surface area contributed by atoms with Gasteiger partial charge in [-0.05, 0) is 42.3 Å². The van der Waals surface area contributed by atoms with Crippen LogP contribution in [0.2, 0.25) is 0 Å². The number of morpholine rings is 1. The summed E-state index contributed by atoms with van der Waals surface area (Å²) in [5, 5.41) is 5.29. The minimum absolute atomic E-state index is 0.195. The Bertz CT molecular complexity index is 882. The molecule has 0 aliphatic carbocycles. The van der Waals surface area contributed by atoms with E-state index in [0.29, 0.717) is 37.7 Å². The third kappa shape index (κ3) is 5.55. The Morgan fingerprint density at radius 1 is 1.13 bits per heavy atom. The highest BCUT2D eigenvalue weighted by Gasteiger charge is 2.25. The lowest BCUT2D eigenvalue weighted by atomic mass is 10.0. The van der Waals surface area contributed by atoms with E-state index in [1.807, 2.05) is 13.0 Å². The van der Waals surface area contributed by atoms with Gasteiger partial charge in [-0.3, -0.25) is 14.5 Å². The van der Waals surface area contributed by atoms with E-state index in [9.17, 15) is 14.0 Å². The Balaban J connectivity index is 1.67. The quantitative estimate of drug-likeness (QED) is 0.708. The fraction of sp³-hybridized carbons (Fsp3) is 0.364. The number of hydrogen-bond acceptors (Lipinski definition) is 5. The summed E-state index contributed by atoms with van der Waals surface area (Å²) in [5.74, 6) is -1.38. The Hall–Kier alpha value is -2.97. The van der Waals surface area contributed by atoms with E-state index in [0.717, 1.165) is 11.1 Å². The standard InChI is InChI=1S/C22H26FN3O4/c1-15-3-8-20(29-2)18(13-15)25-22(28)21(27)24-14-19(26-9-11-30-12-10-26)16-4-6-17(23)7-5-16/h3-8,13,19H,9-12,14H2,1-2H3,(H,24,27)(H,25,28)/t19-/m0/s1. The molecule has 1 aliphatic rings. The molecule has 0 aromatic heterocycles. The first-order chi connectivity index (χ1) is 14.5. The summed E-state index contributed by atoms with van der Waals surface area (Å²) in [6.07, 6.45) is 0. The number of methoxy groups -OCH3 is 1. The highest BCUT2D eigenvalue weighted by molar-refractivity contribution is 6.39. The molecule has 0 radical (unpaired) electrons. The SMILES string of the molecule is COc1ccc(C)cc1NC(=O)C(=O)NC[C@@H](c1ccc(F)cc1)N1CCOCC1. The molecule has 1 heterocycles. The number of carbonyl (C=O) groups excluding carboxylic acids is 2. The van der Waals surface area contributed by atoms with E-state index < -0.39 is 11.8 Å². The molecule has 2 amide bonds. The van der Waals surface area contributed by atoms with Crippen molar-refractivity contribution in [3.63, 3.8) is 0 Å². The van der Waals surface area contributed by atoms with E-state index in [2.05, 4.69) is 15.5 Å². The minimum Gasteiger partial charge on any atom is -0.495 e. The molecule has 8 heteroatoms. The van der Waals surface area contributed by atoms with E-state index in [4.69, 9.17) is 9.47 Å². The van der Waals surface area contributed by atoms with Crippen molar-refractivity contribution in [1.29, 1.82) is 0 Å². The molecule has 0 saturated carbocycles. The van der Waals surface area contributed by atoms with Gasteiger partial charge in [0.1, 0.15) is 11.6 Å². The van der Waals surface area contributed by atoms with Crippen LogP contribution in [0, 0.1) is 12.7 Å². The number of carbonyl (C=O) groups is 2. The van der Waals surface area contributed by atoms with E-state index in [1.54, 1.807) is 24.3 Å². The number of amides is 2. The molecule has 1 fully saturated rings. The van der Waals surface area contributed by atoms with E-state index >= 15 is 0 Å². The molecule has 2 N–H and O–H groups in total. The van der Waals surface area contributed by atoms with Crippen molar-refractivity contribution >= 4 is 17.5 Å². The van der Waals surface area contributed by atoms with Gasteiger partial charge >= 0.3 is 11.8 Å². The maximum absolute atomic E-state index is 13.3. The fourth-order valence-electron chi connectivity index (χ4n) is 3.40. The minimum atomic E-state index is -0.779. The lowest BCUT2D eigenvalue weighted by molar-refractivity contribution is -0.136. The lowest BCUT2D eigenvalue weighted by Gasteiger charge is -2.34. The van der Waals surface area contributed by atoms with Gasteiger partial charge in [0.05, 0.1) is 32.1 Å². The average Bonchev–Trinajstić information content (AvgIpc) is 2.76. The van der Waals surface area contributed by atoms with Crippen molar-refractivity contribution in [3.05, 3.63) is 59.4 Å². The van der Waals surface area contributed by atoms with E-state index in [-0.39, 0.29) is 18.4 Å². The highest BCUT2D eigenvalue weighted by Crippen LogP contribution is 2.25. The molecule has 3 rings (SSSR count). The summed E-state index contributed by atoms with van der Waals surface area (Å²) in [6.45, 7) is 4.63. The van der Waals surface area contributed by atoms with Crippen molar-refractivity contribution in [1.82, 2.24) is 10.2 Å². The Morgan fingerprint density at radius 3 is 2.50 bits per heavy atom. The van der Waals surface area contributed by atoms with Gasteiger partial charge in [-0.15, -0.1) is 0 Å². The van der Waals surface area contributed by atoms with Gasteiger partial charge in [-0.2, -0.15) is 0 Å². The molecule has 0 spiro atoms. The predicted molar refractivity (Wildman–Crippen MR) is 111 cm³/mol. The summed E-state index contributed by atoms with van der Waals surface area (Å²) >= 11 is 0. The zero-order valence-electron chi connectivity index (χ0n) is 17.1. The maximum atomic E-state index is 13.3. The van der Waals surface area contributed by atoms with Crippen molar-refractivity contribution in [2.45, 2.75) is 13.0 Å². The Kier molecular flexibility index (Phi) is 7.37. The largest absolute Gasteiger partial charge is 0.495 e. The van der Waals surface area contributed by atoms with Gasteiger partial charge in [-0.1, -0.05) is 18.2 Å². The van der Waals surface area contributed by atoms with Crippen LogP contribution in [0.15, 0.2) is 42.5 Å². The Morgan fingerprint density at radius 2 is 1.83 bits per heavy atom. The molecule has 1 saturated heterocycles. The predicted octanol–water partition coefficient (Wildman–Crippen LogP) is 2.27. The summed E-state index contributed by atoms with van der Waals surface area (Å²) in [5.41, 5.74) is 2.22. The number of hydrogen-bond donors (Lipinski definition) is 2. The van der Waals surface area contributed by atoms with Crippen molar-refractivity contribution in [2.24, 2.45) is 0 Å². The lowest BCUT2D eigenvalue weighted by Crippen LogP contribution is -2.45. The zero-order chi connectivity index (χ0) is 21.5. The van der Waals surface area contributed by atoms with Crippen LogP contribution >= 0.6 is 0 Å². The van der Waals surface area contributed by atoms with Crippen LogP contribution in [0.1, 0.15) is 17.2 Å². The number of halogens is 1. The van der Waals surface area contributed by atoms with Gasteiger partial charge in [-0.25, -0.2) is 4.39 Å². The normalized spacial score (nSPS) is 15.3. The van der Waals surface area contributed by atoms with Crippen molar-refractivity contribution in [3.8, 4) is 5.75 Å². The molecule has 30 heavy (non-hydrogen) atoms. The smallest absolute Gasteiger partial charge is 0.313 e. The molecule has 7 nitrogen and oxygen atoms in total. The summed E-state index contributed by atoms with van der Waals surface area (Å²) in [4.78, 5) is 27.0. The molecule has 2 aromatic rings. The van der Waals surface area contributed by atoms with Crippen LogP contribution in [0.25, 0.3) is 0 Å². The van der Waals surface area contributed by atoms with Gasteiger partial charge in [0, 0.05) is 19.6 Å². The highest BCUT2D eigenvalue weighted by atomic mass is 19.1. The molecule has 0 bridgehead atoms. The Labute approximate surface area is 175 Å². The van der Waals surface area contributed by atoms with Crippen molar-refractivity contribution < 1.29 is 23.5 Å². The topological polar surface area (TPSA) is 79.9 Å². The number of nitrogens with one attached hydrogen (secondary N) is 2. The molecule has 1 atom stereocenters. The number of anilines is 1. The van der Waals surface area contributed by atoms with Gasteiger partial charge in [0.2, 0.25) is 0 Å². The van der Waals surface area contributed by atoms with Crippen LogP contribution in [-0.2, 0) is 14.3 Å². The third-order valence-corrected chi connectivity index (χ3v) is 5.01. The van der Waals surface area contributed by atoms with E-state index in [1.165, 1.54) is 19.2 Å². The second-order valence-corrected chi connectivity index (χ2v) is 7.08. The third-order valence-electron chi connectivity index (χ3n) is 5.01. The molecule has 160 valence electrons. The van der Waals surface area contributed by atoms with Crippen LogP contribution in [0.3, 0.4) is 0 Å². The second kappa shape index (κ2) is 10.2. The first kappa shape index (κ1) is 21.7. The summed E-state index contributed by atoms with van der Waals surface area (Å²) in [7, 11) is 1.50. The number of rotatable bonds is 6. The zero-order valence-corrected chi connectivity index (χ0v) is 17.1. The van der Waals surface area contributed by atoms with Gasteiger partial charge < -0.3 is 20.1 Å². The second-order valence-electron chi connectivity index (χ2n) is 7.08. The fourth-order valence-corrected chi connectivity index (χ4v) is 3.40. The molecule has 0 unspecified atom stereocenters. The van der Waals surface area contributed by atoms with Crippen LogP contribution in [0.5, 0.6) is 5.75 Å². The van der Waals surface area contributed by atoms with Crippen LogP contribution in [0.4, 0.5) is 10.1 Å². The maximum Gasteiger partial charge on any atom is 0.313 e.